The molecule has 6 N–H and O–H groups in total. The Morgan fingerprint density at radius 3 is 2.36 bits per heavy atom. The maximum Gasteiger partial charge on any atom is 0.269 e. The van der Waals surface area contributed by atoms with Crippen LogP contribution in [0.2, 0.25) is 0 Å². The third-order valence-corrected chi connectivity index (χ3v) is 3.73. The highest BCUT2D eigenvalue weighted by Crippen LogP contribution is 2.15. The van der Waals surface area contributed by atoms with E-state index in [2.05, 4.69) is 11.1 Å². The maximum absolute atomic E-state index is 12.0. The van der Waals surface area contributed by atoms with E-state index in [4.69, 9.17) is 0 Å². The number of unbranched alkanes of at least 4 members (excludes halogenated alkanes) is 3. The molecule has 0 aliphatic rings. The Kier molecular flexibility index (Phi) is 9.12. The van der Waals surface area contributed by atoms with Crippen molar-refractivity contribution in [3.63, 3.8) is 0 Å². The molecule has 1 amide bonds. The molecule has 0 spiro atoms. The summed E-state index contributed by atoms with van der Waals surface area (Å²) in [5.41, 5.74) is 4.05. The van der Waals surface area contributed by atoms with Crippen molar-refractivity contribution in [2.45, 2.75) is 38.1 Å². The zero-order valence-electron chi connectivity index (χ0n) is 14.1. The predicted molar refractivity (Wildman–Crippen MR) is 88.2 cm³/mol. The average Bonchev–Trinajstić information content (AvgIpc) is 2.57. The van der Waals surface area contributed by atoms with E-state index in [-0.39, 0.29) is 12.1 Å². The van der Waals surface area contributed by atoms with Gasteiger partial charge in [-0.25, -0.2) is 0 Å². The van der Waals surface area contributed by atoms with Crippen LogP contribution in [-0.2, 0) is 9.59 Å². The van der Waals surface area contributed by atoms with Crippen LogP contribution in [0.1, 0.15) is 32.1 Å². The number of nitro groups is 1. The molecule has 0 bridgehead atoms. The standard InChI is InChI=1S/C16H24N4O5/c17-9-3-1-2-4-10-18-14(16(22)23)11-15(21)19-12-5-7-13(8-6-12)20(24)25/h5-8,14,18H,1-4,9-11,17H2,(H,19,21)(H,22,23)/p+1/t14-/m0/s1. The number of benzene rings is 1. The second kappa shape index (κ2) is 11.1. The molecule has 0 saturated heterocycles. The molecule has 0 heterocycles. The molecule has 9 heteroatoms. The molecule has 25 heavy (non-hydrogen) atoms. The predicted octanol–water partition coefficient (Wildman–Crippen LogP) is -1.59. The number of nitrogens with one attached hydrogen (secondary N) is 1. The number of aliphatic carboxylic acids is 1. The van der Waals surface area contributed by atoms with E-state index in [1.54, 1.807) is 5.32 Å². The quantitative estimate of drug-likeness (QED) is 0.234. The molecule has 1 aromatic rings. The van der Waals surface area contributed by atoms with Gasteiger partial charge >= 0.3 is 0 Å². The Morgan fingerprint density at radius 2 is 1.80 bits per heavy atom. The molecule has 9 nitrogen and oxygen atoms in total. The first-order valence-electron chi connectivity index (χ1n) is 8.31. The van der Waals surface area contributed by atoms with E-state index >= 15 is 0 Å². The van der Waals surface area contributed by atoms with Gasteiger partial charge in [0.1, 0.15) is 6.04 Å². The van der Waals surface area contributed by atoms with Crippen molar-refractivity contribution in [3.05, 3.63) is 34.4 Å². The van der Waals surface area contributed by atoms with Gasteiger partial charge in [0.05, 0.1) is 30.4 Å². The van der Waals surface area contributed by atoms with Crippen LogP contribution in [0.5, 0.6) is 0 Å². The van der Waals surface area contributed by atoms with Crippen LogP contribution < -0.4 is 21.5 Å². The lowest BCUT2D eigenvalue weighted by Crippen LogP contribution is -2.93. The maximum atomic E-state index is 12.0. The Balaban J connectivity index is 2.42. The van der Waals surface area contributed by atoms with Crippen molar-refractivity contribution < 1.29 is 30.7 Å². The summed E-state index contributed by atoms with van der Waals surface area (Å²) in [5.74, 6) is -1.76. The molecular formula is C16H25N4O5+. The first kappa shape index (κ1) is 20.5. The Hall–Kier alpha value is -2.52. The van der Waals surface area contributed by atoms with Gasteiger partial charge in [0.25, 0.3) is 5.69 Å². The normalized spacial score (nSPS) is 11.7. The molecule has 1 aromatic carbocycles. The molecule has 0 fully saturated rings. The Labute approximate surface area is 145 Å². The number of nitrogens with zero attached hydrogens (tertiary/aromatic N) is 1. The molecular weight excluding hydrogens is 328 g/mol. The summed E-state index contributed by atoms with van der Waals surface area (Å²) < 4.78 is 0. The van der Waals surface area contributed by atoms with Crippen molar-refractivity contribution in [1.29, 1.82) is 0 Å². The van der Waals surface area contributed by atoms with Crippen LogP contribution in [0, 0.1) is 10.1 Å². The van der Waals surface area contributed by atoms with Gasteiger partial charge in [-0.05, 0) is 37.8 Å². The second-order valence-electron chi connectivity index (χ2n) is 5.77. The van der Waals surface area contributed by atoms with E-state index < -0.39 is 22.8 Å². The monoisotopic (exact) mass is 353 g/mol. The topological polar surface area (TPSA) is 157 Å². The van der Waals surface area contributed by atoms with Gasteiger partial charge < -0.3 is 26.3 Å². The fraction of sp³-hybridized carbons (Fsp3) is 0.500. The number of rotatable bonds is 12. The number of nitro benzene ring substituents is 1. The van der Waals surface area contributed by atoms with Crippen molar-refractivity contribution >= 4 is 23.3 Å². The van der Waals surface area contributed by atoms with E-state index in [0.717, 1.165) is 32.2 Å². The van der Waals surface area contributed by atoms with Crippen LogP contribution in [0.3, 0.4) is 0 Å². The van der Waals surface area contributed by atoms with Gasteiger partial charge in [-0.15, -0.1) is 0 Å². The Bertz CT molecular complexity index is 576. The van der Waals surface area contributed by atoms with Crippen molar-refractivity contribution in [1.82, 2.24) is 0 Å². The van der Waals surface area contributed by atoms with Crippen LogP contribution in [0.15, 0.2) is 24.3 Å². The number of nitrogens with two attached hydrogens (primary N) is 1. The molecule has 1 atom stereocenters. The lowest BCUT2D eigenvalue weighted by molar-refractivity contribution is -0.682. The van der Waals surface area contributed by atoms with Crippen LogP contribution in [0.4, 0.5) is 11.4 Å². The van der Waals surface area contributed by atoms with E-state index in [1.165, 1.54) is 24.3 Å². The molecule has 138 valence electrons. The van der Waals surface area contributed by atoms with Crippen LogP contribution in [0.25, 0.3) is 0 Å². The first-order valence-corrected chi connectivity index (χ1v) is 8.31. The fourth-order valence-corrected chi connectivity index (χ4v) is 2.33. The summed E-state index contributed by atoms with van der Waals surface area (Å²) in [6, 6.07) is 4.38. The number of non-ortho nitro benzene ring substituents is 1. The summed E-state index contributed by atoms with van der Waals surface area (Å²) in [7, 11) is 0. The lowest BCUT2D eigenvalue weighted by Gasteiger charge is -2.16. The number of carboxylic acids is 1. The number of carbonyl (C=O) groups is 2. The highest BCUT2D eigenvalue weighted by Gasteiger charge is 2.18. The zero-order chi connectivity index (χ0) is 18.7. The lowest BCUT2D eigenvalue weighted by atomic mass is 10.1. The average molecular weight is 353 g/mol. The fourth-order valence-electron chi connectivity index (χ4n) is 2.33. The van der Waals surface area contributed by atoms with Crippen molar-refractivity contribution in [2.75, 3.05) is 18.4 Å². The molecule has 0 radical (unpaired) electrons. The highest BCUT2D eigenvalue weighted by atomic mass is 16.6. The number of quaternary nitrogens is 2. The number of amides is 1. The van der Waals surface area contributed by atoms with Crippen LogP contribution >= 0.6 is 0 Å². The number of anilines is 1. The highest BCUT2D eigenvalue weighted by molar-refractivity contribution is 5.93. The molecule has 0 aromatic heterocycles. The molecule has 0 aliphatic carbocycles. The van der Waals surface area contributed by atoms with Crippen LogP contribution in [-0.4, -0.2) is 35.9 Å². The third kappa shape index (κ3) is 8.23. The second-order valence-corrected chi connectivity index (χ2v) is 5.77. The summed E-state index contributed by atoms with van der Waals surface area (Å²) in [6.45, 7) is 1.51. The van der Waals surface area contributed by atoms with Gasteiger partial charge in [0.2, 0.25) is 5.91 Å². The van der Waals surface area contributed by atoms with Crippen molar-refractivity contribution in [2.24, 2.45) is 0 Å². The minimum atomic E-state index is -1.28. The first-order chi connectivity index (χ1) is 11.9. The number of hydrogen-bond acceptors (Lipinski definition) is 5. The van der Waals surface area contributed by atoms with Gasteiger partial charge in [0.15, 0.2) is 0 Å². The smallest absolute Gasteiger partial charge is 0.269 e. The largest absolute Gasteiger partial charge is 0.544 e. The number of carbonyl (C=O) groups excluding carboxylic acids is 2. The minimum absolute atomic E-state index is 0.0854. The molecule has 0 aliphatic heterocycles. The molecule has 0 saturated carbocycles. The molecule has 1 rings (SSSR count). The van der Waals surface area contributed by atoms with Crippen molar-refractivity contribution in [3.8, 4) is 0 Å². The Morgan fingerprint density at radius 1 is 1.16 bits per heavy atom. The van der Waals surface area contributed by atoms with E-state index in [1.807, 2.05) is 0 Å². The summed E-state index contributed by atoms with van der Waals surface area (Å²) >= 11 is 0. The van der Waals surface area contributed by atoms with Gasteiger partial charge in [-0.3, -0.25) is 14.9 Å². The third-order valence-electron chi connectivity index (χ3n) is 3.73. The van der Waals surface area contributed by atoms with Gasteiger partial charge in [-0.2, -0.15) is 0 Å². The van der Waals surface area contributed by atoms with E-state index in [0.29, 0.717) is 12.2 Å². The van der Waals surface area contributed by atoms with E-state index in [9.17, 15) is 24.8 Å². The molecule has 0 unspecified atom stereocenters. The number of carboxylic acid groups (broad SMARTS) is 1. The summed E-state index contributed by atoms with van der Waals surface area (Å²) in [5, 5.41) is 25.9. The zero-order valence-corrected chi connectivity index (χ0v) is 14.1. The SMILES string of the molecule is [NH3+]CCCCCC[NH2+][C@@H](CC(=O)Nc1ccc([N+](=O)[O-])cc1)C(=O)[O-]. The van der Waals surface area contributed by atoms with Gasteiger partial charge in [-0.1, -0.05) is 0 Å². The minimum Gasteiger partial charge on any atom is -0.544 e. The summed E-state index contributed by atoms with van der Waals surface area (Å²) in [6.07, 6.45) is 3.77. The van der Waals surface area contributed by atoms with Gasteiger partial charge in [0, 0.05) is 17.8 Å². The number of hydrogen-bond donors (Lipinski definition) is 3. The summed E-state index contributed by atoms with van der Waals surface area (Å²) in [4.78, 5) is 33.2.